The van der Waals surface area contributed by atoms with Crippen LogP contribution < -0.4 is 5.46 Å². The van der Waals surface area contributed by atoms with Gasteiger partial charge in [-0.1, -0.05) is 164 Å². The zero-order chi connectivity index (χ0) is 53.3. The van der Waals surface area contributed by atoms with E-state index in [9.17, 15) is 0 Å². The molecule has 80 heavy (non-hydrogen) atoms. The van der Waals surface area contributed by atoms with Crippen LogP contribution in [0.1, 0.15) is 32.8 Å². The van der Waals surface area contributed by atoms with Gasteiger partial charge in [-0.15, -0.1) is 0 Å². The molecule has 6 nitrogen and oxygen atoms in total. The molecule has 16 rings (SSSR count). The van der Waals surface area contributed by atoms with Crippen molar-refractivity contribution in [1.82, 2.24) is 4.98 Å². The number of para-hydroxylation sites is 5. The predicted octanol–water partition coefficient (Wildman–Crippen LogP) is 19.3. The number of furan rings is 3. The van der Waals surface area contributed by atoms with E-state index in [1.165, 1.54) is 5.56 Å². The summed E-state index contributed by atoms with van der Waals surface area (Å²) in [7, 11) is -0.553. The van der Waals surface area contributed by atoms with E-state index in [2.05, 4.69) is 226 Å². The molecule has 7 heteroatoms. The Bertz CT molecular complexity index is 4990. The van der Waals surface area contributed by atoms with Crippen LogP contribution in [0.5, 0.6) is 0 Å². The number of aromatic nitrogens is 1. The lowest BCUT2D eigenvalue weighted by Gasteiger charge is -2.36. The van der Waals surface area contributed by atoms with Crippen LogP contribution in [-0.2, 0) is 15.7 Å². The highest BCUT2D eigenvalue weighted by molar-refractivity contribution is 6.62. The minimum atomic E-state index is -0.642. The maximum absolute atomic E-state index is 7.17. The topological polar surface area (TPSA) is 73.7 Å². The number of hydrogen-bond acceptors (Lipinski definition) is 5. The number of benzene rings is 11. The number of aromatic amines is 1. The van der Waals surface area contributed by atoms with Gasteiger partial charge in [-0.25, -0.2) is 0 Å². The molecule has 0 bridgehead atoms. The molecule has 1 aliphatic rings. The molecule has 1 aliphatic heterocycles. The molecule has 4 aromatic heterocycles. The van der Waals surface area contributed by atoms with Crippen molar-refractivity contribution in [2.24, 2.45) is 0 Å². The van der Waals surface area contributed by atoms with Crippen LogP contribution in [0.25, 0.3) is 143 Å². The average molecular weight is 1030 g/mol. The maximum atomic E-state index is 7.17. The first-order chi connectivity index (χ1) is 39.2. The monoisotopic (exact) mass is 1030 g/mol. The van der Waals surface area contributed by atoms with E-state index in [1.54, 1.807) is 0 Å². The molecule has 0 aliphatic carbocycles. The molecule has 1 unspecified atom stereocenters. The standard InChI is InChI=1S/C73H52BNO5/c1-72(2)73(3,80-74(79-72)53-20-12-18-47(40-53)49-32-34-60-57-22-5-8-29-65(57)77-68(60)43-49)36-35-51-39-52(55-25-14-27-62-58-23-6-9-30-66(58)78-71(55)62)41-63-61-26-13-24-54(70(61)75-69(51)63)50-19-11-17-46(38-50)44-15-10-16-45(37-44)48-31-33-59-56-21-4-7-28-64(56)76-67(59)42-48/h4-34,37-43,75H,35-36H2,1-3H3. The zero-order valence-electron chi connectivity index (χ0n) is 44.5. The van der Waals surface area contributed by atoms with Gasteiger partial charge in [-0.3, -0.25) is 0 Å². The highest BCUT2D eigenvalue weighted by Crippen LogP contribution is 2.45. The van der Waals surface area contributed by atoms with Crippen molar-refractivity contribution in [3.05, 3.63) is 236 Å². The average Bonchev–Trinajstić information content (AvgIpc) is 4.49. The molecule has 0 radical (unpaired) electrons. The second-order valence-electron chi connectivity index (χ2n) is 22.4. The lowest BCUT2D eigenvalue weighted by atomic mass is 9.78. The SMILES string of the molecule is CC1(C)OB(c2cccc(-c3ccc4c(c3)oc3ccccc34)c2)OC1(C)CCc1cc(-c2cccc3c2oc2ccccc23)cc2c1[nH]c1c(-c3cccc(-c4cccc(-c5ccc6c(c5)oc5ccccc56)c4)c3)cccc12. The van der Waals surface area contributed by atoms with Gasteiger partial charge in [0.1, 0.15) is 33.5 Å². The Morgan fingerprint density at radius 2 is 0.850 bits per heavy atom. The first-order valence-electron chi connectivity index (χ1n) is 27.7. The molecule has 0 spiro atoms. The molecule has 0 saturated carbocycles. The zero-order valence-corrected chi connectivity index (χ0v) is 44.5. The number of aryl methyl sites for hydroxylation is 1. The summed E-state index contributed by atoms with van der Waals surface area (Å²) in [6, 6.07) is 82.0. The van der Waals surface area contributed by atoms with Crippen molar-refractivity contribution in [3.8, 4) is 55.6 Å². The molecule has 15 aromatic rings. The third kappa shape index (κ3) is 7.49. The van der Waals surface area contributed by atoms with Gasteiger partial charge in [0, 0.05) is 59.7 Å². The number of H-pyrrole nitrogens is 1. The van der Waals surface area contributed by atoms with Crippen molar-refractivity contribution < 1.29 is 22.6 Å². The summed E-state index contributed by atoms with van der Waals surface area (Å²) in [4.78, 5) is 4.04. The van der Waals surface area contributed by atoms with E-state index in [1.807, 2.05) is 30.3 Å². The van der Waals surface area contributed by atoms with Gasteiger partial charge >= 0.3 is 7.12 Å². The van der Waals surface area contributed by atoms with Crippen molar-refractivity contribution >= 4 is 100 Å². The molecule has 382 valence electrons. The van der Waals surface area contributed by atoms with Crippen molar-refractivity contribution in [1.29, 1.82) is 0 Å². The van der Waals surface area contributed by atoms with Crippen LogP contribution in [0.3, 0.4) is 0 Å². The number of nitrogens with one attached hydrogen (secondary N) is 1. The molecular formula is C73H52BNO5. The van der Waals surface area contributed by atoms with E-state index in [4.69, 9.17) is 22.6 Å². The minimum absolute atomic E-state index is 0.553. The normalized spacial score (nSPS) is 15.6. The van der Waals surface area contributed by atoms with E-state index < -0.39 is 18.3 Å². The summed E-state index contributed by atoms with van der Waals surface area (Å²) in [5.41, 5.74) is 19.6. The third-order valence-corrected chi connectivity index (χ3v) is 17.4. The van der Waals surface area contributed by atoms with Crippen LogP contribution in [-0.4, -0.2) is 23.3 Å². The lowest BCUT2D eigenvalue weighted by Crippen LogP contribution is -2.45. The molecular weight excluding hydrogens is 982 g/mol. The van der Waals surface area contributed by atoms with Crippen LogP contribution >= 0.6 is 0 Å². The minimum Gasteiger partial charge on any atom is -0.456 e. The number of hydrogen-bond donors (Lipinski definition) is 1. The van der Waals surface area contributed by atoms with Gasteiger partial charge in [0.15, 0.2) is 0 Å². The summed E-state index contributed by atoms with van der Waals surface area (Å²) in [6.45, 7) is 6.55. The Labute approximate surface area is 461 Å². The predicted molar refractivity (Wildman–Crippen MR) is 330 cm³/mol. The Morgan fingerprint density at radius 1 is 0.350 bits per heavy atom. The van der Waals surface area contributed by atoms with Crippen LogP contribution in [0.4, 0.5) is 0 Å². The molecule has 1 atom stereocenters. The summed E-state index contributed by atoms with van der Waals surface area (Å²) < 4.78 is 33.4. The summed E-state index contributed by atoms with van der Waals surface area (Å²) in [5.74, 6) is 0. The smallest absolute Gasteiger partial charge is 0.456 e. The Balaban J connectivity index is 0.759. The van der Waals surface area contributed by atoms with E-state index >= 15 is 0 Å². The fraction of sp³-hybridized carbons (Fsp3) is 0.0959. The molecule has 1 fully saturated rings. The Kier molecular flexibility index (Phi) is 10.4. The quantitative estimate of drug-likeness (QED) is 0.146. The van der Waals surface area contributed by atoms with Crippen molar-refractivity contribution in [2.45, 2.75) is 44.8 Å². The highest BCUT2D eigenvalue weighted by atomic mass is 16.7. The summed E-state index contributed by atoms with van der Waals surface area (Å²) in [5, 5.41) is 9.04. The third-order valence-electron chi connectivity index (χ3n) is 17.4. The first-order valence-corrected chi connectivity index (χ1v) is 27.7. The molecule has 0 amide bonds. The second kappa shape index (κ2) is 17.8. The molecule has 1 saturated heterocycles. The van der Waals surface area contributed by atoms with Crippen molar-refractivity contribution in [3.63, 3.8) is 0 Å². The molecule has 1 N–H and O–H groups in total. The van der Waals surface area contributed by atoms with Gasteiger partial charge in [0.2, 0.25) is 0 Å². The first kappa shape index (κ1) is 46.7. The Hall–Kier alpha value is -9.40. The van der Waals surface area contributed by atoms with E-state index in [-0.39, 0.29) is 0 Å². The van der Waals surface area contributed by atoms with E-state index in [0.29, 0.717) is 6.42 Å². The highest BCUT2D eigenvalue weighted by Gasteiger charge is 2.54. The molecule has 5 heterocycles. The summed E-state index contributed by atoms with van der Waals surface area (Å²) in [6.07, 6.45) is 1.44. The van der Waals surface area contributed by atoms with Crippen molar-refractivity contribution in [2.75, 3.05) is 0 Å². The number of fused-ring (bicyclic) bond motifs is 12. The maximum Gasteiger partial charge on any atom is 0.494 e. The number of rotatable bonds is 9. The van der Waals surface area contributed by atoms with Gasteiger partial charge in [0.25, 0.3) is 0 Å². The van der Waals surface area contributed by atoms with Gasteiger partial charge in [-0.2, -0.15) is 0 Å². The van der Waals surface area contributed by atoms with Gasteiger partial charge in [0.05, 0.1) is 16.7 Å². The van der Waals surface area contributed by atoms with Crippen LogP contribution in [0, 0.1) is 0 Å². The summed E-state index contributed by atoms with van der Waals surface area (Å²) >= 11 is 0. The second-order valence-corrected chi connectivity index (χ2v) is 22.4. The van der Waals surface area contributed by atoms with Crippen LogP contribution in [0.2, 0.25) is 0 Å². The van der Waals surface area contributed by atoms with Crippen LogP contribution in [0.15, 0.2) is 244 Å². The Morgan fingerprint density at radius 3 is 1.51 bits per heavy atom. The largest absolute Gasteiger partial charge is 0.494 e. The molecule has 11 aromatic carbocycles. The van der Waals surface area contributed by atoms with Gasteiger partial charge < -0.3 is 27.5 Å². The fourth-order valence-electron chi connectivity index (χ4n) is 12.8. The van der Waals surface area contributed by atoms with E-state index in [0.717, 1.165) is 155 Å². The van der Waals surface area contributed by atoms with Gasteiger partial charge in [-0.05, 0) is 156 Å². The fourth-order valence-corrected chi connectivity index (χ4v) is 12.8. The lowest BCUT2D eigenvalue weighted by molar-refractivity contribution is -0.0151.